The zero-order valence-corrected chi connectivity index (χ0v) is 12.8. The molecule has 0 saturated carbocycles. The fraction of sp³-hybridized carbons (Fsp3) is 0.294. The Hall–Kier alpha value is -2.76. The van der Waals surface area contributed by atoms with Crippen LogP contribution in [0.3, 0.4) is 0 Å². The summed E-state index contributed by atoms with van der Waals surface area (Å²) in [6.45, 7) is 1.45. The molecule has 1 N–H and O–H groups in total. The van der Waals surface area contributed by atoms with E-state index in [1.807, 2.05) is 10.6 Å². The predicted octanol–water partition coefficient (Wildman–Crippen LogP) is 1.21. The van der Waals surface area contributed by atoms with Crippen molar-refractivity contribution < 1.29 is 4.74 Å². The van der Waals surface area contributed by atoms with Gasteiger partial charge in [-0.25, -0.2) is 0 Å². The van der Waals surface area contributed by atoms with Crippen LogP contribution in [0, 0.1) is 0 Å². The molecule has 0 radical (unpaired) electrons. The number of aromatic nitrogens is 3. The van der Waals surface area contributed by atoms with Gasteiger partial charge in [-0.3, -0.25) is 19.4 Å². The molecule has 23 heavy (non-hydrogen) atoms. The first kappa shape index (κ1) is 13.9. The first-order valence-corrected chi connectivity index (χ1v) is 7.66. The smallest absolute Gasteiger partial charge is 0.277 e. The highest BCUT2D eigenvalue weighted by Gasteiger charge is 2.13. The van der Waals surface area contributed by atoms with Gasteiger partial charge in [0.05, 0.1) is 6.61 Å². The summed E-state index contributed by atoms with van der Waals surface area (Å²) in [7, 11) is 1.74. The first-order chi connectivity index (χ1) is 11.1. The molecule has 0 spiro atoms. The molecule has 1 aromatic carbocycles. The third-order valence-corrected chi connectivity index (χ3v) is 4.36. The molecule has 6 nitrogen and oxygen atoms in total. The number of aromatic amines is 1. The molecule has 4 rings (SSSR count). The zero-order valence-electron chi connectivity index (χ0n) is 12.8. The molecule has 3 aromatic rings. The van der Waals surface area contributed by atoms with Crippen molar-refractivity contribution in [3.8, 4) is 5.75 Å². The molecule has 3 heterocycles. The van der Waals surface area contributed by atoms with E-state index in [4.69, 9.17) is 4.74 Å². The quantitative estimate of drug-likeness (QED) is 0.790. The summed E-state index contributed by atoms with van der Waals surface area (Å²) in [5.41, 5.74) is 2.53. The number of nitrogens with one attached hydrogen (secondary N) is 1. The molecule has 0 bridgehead atoms. The molecule has 0 atom stereocenters. The van der Waals surface area contributed by atoms with Crippen molar-refractivity contribution in [3.63, 3.8) is 0 Å². The molecule has 1 aliphatic rings. The SMILES string of the molecule is Cn1[nH]c(=O)c2c(=O)ccn(CCc3ccc4c(c3)CCO4)c21. The van der Waals surface area contributed by atoms with Crippen molar-refractivity contribution in [2.75, 3.05) is 6.61 Å². The summed E-state index contributed by atoms with van der Waals surface area (Å²) < 4.78 is 9.07. The van der Waals surface area contributed by atoms with E-state index in [1.54, 1.807) is 17.9 Å². The van der Waals surface area contributed by atoms with Crippen molar-refractivity contribution in [1.82, 2.24) is 14.3 Å². The van der Waals surface area contributed by atoms with Crippen LogP contribution in [0.4, 0.5) is 0 Å². The summed E-state index contributed by atoms with van der Waals surface area (Å²) in [6, 6.07) is 7.72. The number of pyridine rings is 1. The maximum absolute atomic E-state index is 11.9. The predicted molar refractivity (Wildman–Crippen MR) is 87.1 cm³/mol. The Kier molecular flexibility index (Phi) is 3.11. The van der Waals surface area contributed by atoms with Crippen LogP contribution in [-0.4, -0.2) is 21.0 Å². The van der Waals surface area contributed by atoms with Crippen LogP contribution >= 0.6 is 0 Å². The molecule has 0 amide bonds. The fourth-order valence-electron chi connectivity index (χ4n) is 3.23. The van der Waals surface area contributed by atoms with E-state index in [-0.39, 0.29) is 16.4 Å². The van der Waals surface area contributed by atoms with Gasteiger partial charge >= 0.3 is 0 Å². The monoisotopic (exact) mass is 311 g/mol. The van der Waals surface area contributed by atoms with E-state index in [2.05, 4.69) is 17.2 Å². The summed E-state index contributed by atoms with van der Waals surface area (Å²) in [5.74, 6) is 0.979. The summed E-state index contributed by atoms with van der Waals surface area (Å²) in [6.07, 6.45) is 3.52. The van der Waals surface area contributed by atoms with Crippen LogP contribution in [0.25, 0.3) is 11.0 Å². The van der Waals surface area contributed by atoms with Crippen LogP contribution in [0.15, 0.2) is 40.1 Å². The lowest BCUT2D eigenvalue weighted by Gasteiger charge is -2.10. The summed E-state index contributed by atoms with van der Waals surface area (Å²) in [5, 5.41) is 2.87. The minimum atomic E-state index is -0.337. The second kappa shape index (κ2) is 5.15. The Labute approximate surface area is 131 Å². The molecule has 118 valence electrons. The van der Waals surface area contributed by atoms with E-state index in [0.717, 1.165) is 25.2 Å². The topological polar surface area (TPSA) is 69.0 Å². The average molecular weight is 311 g/mol. The van der Waals surface area contributed by atoms with E-state index in [0.29, 0.717) is 12.2 Å². The van der Waals surface area contributed by atoms with Crippen LogP contribution < -0.4 is 15.7 Å². The maximum Gasteiger partial charge on any atom is 0.277 e. The van der Waals surface area contributed by atoms with E-state index >= 15 is 0 Å². The van der Waals surface area contributed by atoms with Gasteiger partial charge in [0.25, 0.3) is 5.56 Å². The lowest BCUT2D eigenvalue weighted by Crippen LogP contribution is -2.13. The second-order valence-electron chi connectivity index (χ2n) is 5.86. The van der Waals surface area contributed by atoms with Gasteiger partial charge < -0.3 is 9.30 Å². The van der Waals surface area contributed by atoms with Crippen LogP contribution in [0.1, 0.15) is 11.1 Å². The van der Waals surface area contributed by atoms with Crippen LogP contribution in [0.2, 0.25) is 0 Å². The van der Waals surface area contributed by atoms with Gasteiger partial charge in [0, 0.05) is 32.3 Å². The van der Waals surface area contributed by atoms with Gasteiger partial charge in [-0.1, -0.05) is 12.1 Å². The molecular weight excluding hydrogens is 294 g/mol. The highest BCUT2D eigenvalue weighted by Crippen LogP contribution is 2.26. The summed E-state index contributed by atoms with van der Waals surface area (Å²) in [4.78, 5) is 23.8. The van der Waals surface area contributed by atoms with Crippen molar-refractivity contribution in [1.29, 1.82) is 0 Å². The Morgan fingerprint density at radius 1 is 1.26 bits per heavy atom. The largest absolute Gasteiger partial charge is 0.493 e. The van der Waals surface area contributed by atoms with Gasteiger partial charge in [0.2, 0.25) is 0 Å². The molecule has 0 saturated heterocycles. The molecule has 1 aliphatic heterocycles. The second-order valence-corrected chi connectivity index (χ2v) is 5.86. The van der Waals surface area contributed by atoms with Crippen molar-refractivity contribution in [2.45, 2.75) is 19.4 Å². The number of fused-ring (bicyclic) bond motifs is 2. The number of hydrogen-bond donors (Lipinski definition) is 1. The van der Waals surface area contributed by atoms with Gasteiger partial charge in [-0.05, 0) is 23.6 Å². The number of rotatable bonds is 3. The van der Waals surface area contributed by atoms with Crippen LogP contribution in [-0.2, 0) is 26.4 Å². The maximum atomic E-state index is 11.9. The number of benzene rings is 1. The van der Waals surface area contributed by atoms with Crippen LogP contribution in [0.5, 0.6) is 5.75 Å². The molecule has 2 aromatic heterocycles. The zero-order chi connectivity index (χ0) is 16.0. The minimum absolute atomic E-state index is 0.220. The number of H-pyrrole nitrogens is 1. The van der Waals surface area contributed by atoms with Crippen molar-refractivity contribution >= 4 is 11.0 Å². The molecule has 0 aliphatic carbocycles. The normalized spacial score (nSPS) is 13.3. The van der Waals surface area contributed by atoms with Crippen molar-refractivity contribution in [3.05, 3.63) is 62.2 Å². The van der Waals surface area contributed by atoms with Gasteiger partial charge in [-0.2, -0.15) is 0 Å². The first-order valence-electron chi connectivity index (χ1n) is 7.66. The highest BCUT2D eigenvalue weighted by atomic mass is 16.5. The Bertz CT molecular complexity index is 1010. The lowest BCUT2D eigenvalue weighted by atomic mass is 10.1. The molecular formula is C17H17N3O3. The van der Waals surface area contributed by atoms with Gasteiger partial charge in [-0.15, -0.1) is 0 Å². The number of hydrogen-bond acceptors (Lipinski definition) is 3. The third-order valence-electron chi connectivity index (χ3n) is 4.36. The third kappa shape index (κ3) is 2.27. The molecule has 0 fully saturated rings. The molecule has 0 unspecified atom stereocenters. The van der Waals surface area contributed by atoms with E-state index in [1.165, 1.54) is 17.2 Å². The Morgan fingerprint density at radius 2 is 2.13 bits per heavy atom. The minimum Gasteiger partial charge on any atom is -0.493 e. The van der Waals surface area contributed by atoms with E-state index in [9.17, 15) is 9.59 Å². The number of nitrogens with zero attached hydrogens (tertiary/aromatic N) is 2. The average Bonchev–Trinajstić information content (AvgIpc) is 3.11. The number of aryl methyl sites for hydroxylation is 3. The Morgan fingerprint density at radius 3 is 3.00 bits per heavy atom. The number of ether oxygens (including phenoxy) is 1. The Balaban J connectivity index is 1.67. The highest BCUT2D eigenvalue weighted by molar-refractivity contribution is 5.74. The van der Waals surface area contributed by atoms with Gasteiger partial charge in [0.15, 0.2) is 5.43 Å². The van der Waals surface area contributed by atoms with Gasteiger partial charge in [0.1, 0.15) is 16.8 Å². The lowest BCUT2D eigenvalue weighted by molar-refractivity contribution is 0.357. The van der Waals surface area contributed by atoms with E-state index < -0.39 is 0 Å². The molecule has 6 heteroatoms. The fourth-order valence-corrected chi connectivity index (χ4v) is 3.23. The standard InChI is InChI=1S/C17H17N3O3/c1-19-17-15(16(22)18-19)13(21)5-8-20(17)7-4-11-2-3-14-12(10-11)6-9-23-14/h2-3,5,8,10H,4,6-7,9H2,1H3,(H,18,22). The van der Waals surface area contributed by atoms with Crippen molar-refractivity contribution in [2.24, 2.45) is 7.05 Å². The summed E-state index contributed by atoms with van der Waals surface area (Å²) >= 11 is 0.